The molecule has 2 aliphatic rings. The Morgan fingerprint density at radius 2 is 2.17 bits per heavy atom. The molecule has 0 spiro atoms. The number of carbonyl (C=O) groups is 1. The van der Waals surface area contributed by atoms with Gasteiger partial charge in [-0.2, -0.15) is 5.10 Å². The van der Waals surface area contributed by atoms with E-state index in [9.17, 15) is 4.79 Å². The number of nitrogens with zero attached hydrogens (tertiary/aromatic N) is 1. The van der Waals surface area contributed by atoms with Gasteiger partial charge in [0.05, 0.1) is 20.4 Å². The van der Waals surface area contributed by atoms with Gasteiger partial charge in [0.15, 0.2) is 0 Å². The quantitative estimate of drug-likeness (QED) is 0.671. The third-order valence-corrected chi connectivity index (χ3v) is 5.43. The van der Waals surface area contributed by atoms with E-state index in [1.807, 2.05) is 12.1 Å². The van der Waals surface area contributed by atoms with Gasteiger partial charge in [-0.05, 0) is 36.3 Å². The van der Waals surface area contributed by atoms with Crippen molar-refractivity contribution in [1.82, 2.24) is 5.43 Å². The van der Waals surface area contributed by atoms with Crippen molar-refractivity contribution < 1.29 is 14.3 Å². The zero-order valence-electron chi connectivity index (χ0n) is 14.0. The number of amides is 1. The van der Waals surface area contributed by atoms with Gasteiger partial charge in [-0.3, -0.25) is 4.79 Å². The Morgan fingerprint density at radius 3 is 2.83 bits per heavy atom. The molecule has 0 aromatic heterocycles. The highest BCUT2D eigenvalue weighted by atomic mass is 16.5. The van der Waals surface area contributed by atoms with Crippen LogP contribution in [0, 0.1) is 17.3 Å². The Balaban J connectivity index is 1.62. The molecule has 1 N–H and O–H groups in total. The number of ether oxygens (including phenoxy) is 2. The lowest BCUT2D eigenvalue weighted by molar-refractivity contribution is -0.123. The molecule has 5 nitrogen and oxygen atoms in total. The molecular formula is C18H24N2O3. The second-order valence-electron chi connectivity index (χ2n) is 6.68. The first-order valence-corrected chi connectivity index (χ1v) is 8.15. The van der Waals surface area contributed by atoms with Crippen molar-refractivity contribution in [3.05, 3.63) is 23.8 Å². The van der Waals surface area contributed by atoms with Crippen LogP contribution in [0.4, 0.5) is 0 Å². The van der Waals surface area contributed by atoms with Crippen LogP contribution in [-0.4, -0.2) is 26.3 Å². The van der Waals surface area contributed by atoms with Crippen LogP contribution in [0.5, 0.6) is 11.5 Å². The Bertz CT molecular complexity index is 629. The normalized spacial score (nSPS) is 29.0. The smallest absolute Gasteiger partial charge is 0.244 e. The lowest BCUT2D eigenvalue weighted by Gasteiger charge is -2.15. The summed E-state index contributed by atoms with van der Waals surface area (Å²) in [5, 5.41) is 4.11. The Hall–Kier alpha value is -2.04. The number of fused-ring (bicyclic) bond motifs is 1. The van der Waals surface area contributed by atoms with Crippen LogP contribution in [0.15, 0.2) is 23.3 Å². The Kier molecular flexibility index (Phi) is 4.28. The van der Waals surface area contributed by atoms with E-state index in [-0.39, 0.29) is 17.2 Å². The van der Waals surface area contributed by atoms with E-state index in [4.69, 9.17) is 9.47 Å². The molecule has 0 unspecified atom stereocenters. The van der Waals surface area contributed by atoms with Gasteiger partial charge in [0, 0.05) is 17.5 Å². The second kappa shape index (κ2) is 6.22. The maximum atomic E-state index is 12.3. The van der Waals surface area contributed by atoms with E-state index in [0.29, 0.717) is 11.7 Å². The van der Waals surface area contributed by atoms with Crippen molar-refractivity contribution in [2.75, 3.05) is 14.2 Å². The average Bonchev–Trinajstić information content (AvgIpc) is 3.20. The Morgan fingerprint density at radius 1 is 1.35 bits per heavy atom. The number of rotatable bonds is 5. The second-order valence-corrected chi connectivity index (χ2v) is 6.68. The zero-order valence-corrected chi connectivity index (χ0v) is 14.0. The first kappa shape index (κ1) is 15.8. The number of carbonyl (C=O) groups excluding carboxylic acids is 1. The highest BCUT2D eigenvalue weighted by Crippen LogP contribution is 2.66. The van der Waals surface area contributed by atoms with E-state index >= 15 is 0 Å². The summed E-state index contributed by atoms with van der Waals surface area (Å²) in [6, 6.07) is 5.48. The molecular weight excluding hydrogens is 292 g/mol. The van der Waals surface area contributed by atoms with Gasteiger partial charge in [0.2, 0.25) is 5.91 Å². The standard InChI is InChI=1S/C18H24N2O3/c1-18-9-5-4-6-14(18)16(18)17(21)20-19-11-12-7-8-13(22-2)10-15(12)23-3/h7-8,10-11,14,16H,4-6,9H2,1-3H3,(H,20,21)/b19-11-/t14-,16+,18+/m1/s1. The largest absolute Gasteiger partial charge is 0.497 e. The summed E-state index contributed by atoms with van der Waals surface area (Å²) in [7, 11) is 3.21. The topological polar surface area (TPSA) is 59.9 Å². The van der Waals surface area contributed by atoms with E-state index in [1.54, 1.807) is 26.5 Å². The number of hydrazone groups is 1. The summed E-state index contributed by atoms with van der Waals surface area (Å²) in [6.45, 7) is 2.23. The molecule has 124 valence electrons. The predicted octanol–water partition coefficient (Wildman–Crippen LogP) is 2.98. The molecule has 23 heavy (non-hydrogen) atoms. The fourth-order valence-electron chi connectivity index (χ4n) is 4.01. The van der Waals surface area contributed by atoms with Crippen LogP contribution in [0.3, 0.4) is 0 Å². The first-order chi connectivity index (χ1) is 11.1. The van der Waals surface area contributed by atoms with Crippen LogP contribution in [0.1, 0.15) is 38.2 Å². The SMILES string of the molecule is COc1ccc(/C=N\NC(=O)[C@@H]2[C@H]3CCCC[C@@]32C)c(OC)c1. The lowest BCUT2D eigenvalue weighted by Crippen LogP contribution is -2.22. The summed E-state index contributed by atoms with van der Waals surface area (Å²) < 4.78 is 10.5. The number of benzene rings is 1. The van der Waals surface area contributed by atoms with E-state index in [0.717, 1.165) is 17.7 Å². The number of hydrogen-bond acceptors (Lipinski definition) is 4. The van der Waals surface area contributed by atoms with Crippen molar-refractivity contribution in [2.45, 2.75) is 32.6 Å². The molecule has 5 heteroatoms. The molecule has 0 radical (unpaired) electrons. The van der Waals surface area contributed by atoms with Gasteiger partial charge in [-0.25, -0.2) is 5.43 Å². The molecule has 3 rings (SSSR count). The summed E-state index contributed by atoms with van der Waals surface area (Å²) in [4.78, 5) is 12.3. The average molecular weight is 316 g/mol. The highest BCUT2D eigenvalue weighted by molar-refractivity contribution is 5.87. The number of methoxy groups -OCH3 is 2. The van der Waals surface area contributed by atoms with Gasteiger partial charge >= 0.3 is 0 Å². The lowest BCUT2D eigenvalue weighted by atomic mass is 9.90. The predicted molar refractivity (Wildman–Crippen MR) is 88.8 cm³/mol. The van der Waals surface area contributed by atoms with Crippen LogP contribution >= 0.6 is 0 Å². The van der Waals surface area contributed by atoms with Crippen molar-refractivity contribution >= 4 is 12.1 Å². The van der Waals surface area contributed by atoms with Crippen LogP contribution in [0.25, 0.3) is 0 Å². The van der Waals surface area contributed by atoms with Gasteiger partial charge in [-0.15, -0.1) is 0 Å². The molecule has 3 atom stereocenters. The van der Waals surface area contributed by atoms with Crippen LogP contribution in [0.2, 0.25) is 0 Å². The molecule has 2 fully saturated rings. The summed E-state index contributed by atoms with van der Waals surface area (Å²) in [5.41, 5.74) is 3.70. The molecule has 0 saturated heterocycles. The molecule has 0 heterocycles. The van der Waals surface area contributed by atoms with Crippen molar-refractivity contribution in [3.8, 4) is 11.5 Å². The molecule has 0 aliphatic heterocycles. The highest BCUT2D eigenvalue weighted by Gasteiger charge is 2.64. The molecule has 1 amide bonds. The van der Waals surface area contributed by atoms with Crippen LogP contribution < -0.4 is 14.9 Å². The number of nitrogens with one attached hydrogen (secondary N) is 1. The molecule has 1 aromatic carbocycles. The van der Waals surface area contributed by atoms with Gasteiger partial charge in [0.1, 0.15) is 11.5 Å². The molecule has 2 saturated carbocycles. The molecule has 2 aliphatic carbocycles. The monoisotopic (exact) mass is 316 g/mol. The fourth-order valence-corrected chi connectivity index (χ4v) is 4.01. The van der Waals surface area contributed by atoms with E-state index in [2.05, 4.69) is 17.5 Å². The fraction of sp³-hybridized carbons (Fsp3) is 0.556. The van der Waals surface area contributed by atoms with Gasteiger partial charge in [0.25, 0.3) is 0 Å². The third-order valence-electron chi connectivity index (χ3n) is 5.43. The van der Waals surface area contributed by atoms with Crippen molar-refractivity contribution in [3.63, 3.8) is 0 Å². The maximum absolute atomic E-state index is 12.3. The van der Waals surface area contributed by atoms with E-state index in [1.165, 1.54) is 19.3 Å². The van der Waals surface area contributed by atoms with Crippen molar-refractivity contribution in [2.24, 2.45) is 22.4 Å². The minimum Gasteiger partial charge on any atom is -0.497 e. The summed E-state index contributed by atoms with van der Waals surface area (Å²) >= 11 is 0. The maximum Gasteiger partial charge on any atom is 0.244 e. The van der Waals surface area contributed by atoms with Gasteiger partial charge in [-0.1, -0.05) is 19.8 Å². The van der Waals surface area contributed by atoms with Crippen LogP contribution in [-0.2, 0) is 4.79 Å². The minimum absolute atomic E-state index is 0.0446. The Labute approximate surface area is 137 Å². The molecule has 0 bridgehead atoms. The number of hydrogen-bond donors (Lipinski definition) is 1. The van der Waals surface area contributed by atoms with E-state index < -0.39 is 0 Å². The third kappa shape index (κ3) is 2.92. The first-order valence-electron chi connectivity index (χ1n) is 8.15. The summed E-state index contributed by atoms with van der Waals surface area (Å²) in [6.07, 6.45) is 6.43. The van der Waals surface area contributed by atoms with Crippen molar-refractivity contribution in [1.29, 1.82) is 0 Å². The molecule has 1 aromatic rings. The zero-order chi connectivity index (χ0) is 16.4. The summed E-state index contributed by atoms with van der Waals surface area (Å²) in [5.74, 6) is 2.09. The van der Waals surface area contributed by atoms with Gasteiger partial charge < -0.3 is 9.47 Å². The minimum atomic E-state index is 0.0446.